The van der Waals surface area contributed by atoms with Crippen LogP contribution in [0.15, 0.2) is 41.8 Å². The van der Waals surface area contributed by atoms with Gasteiger partial charge in [-0.2, -0.15) is 13.2 Å². The molecule has 2 amide bonds. The third-order valence-corrected chi connectivity index (χ3v) is 6.13. The Morgan fingerprint density at radius 1 is 1.12 bits per heavy atom. The smallest absolute Gasteiger partial charge is 0.358 e. The van der Waals surface area contributed by atoms with E-state index in [0.29, 0.717) is 36.9 Å². The van der Waals surface area contributed by atoms with Crippen molar-refractivity contribution in [2.45, 2.75) is 6.18 Å². The first-order valence-corrected chi connectivity index (χ1v) is 11.0. The molecule has 3 aromatic rings. The van der Waals surface area contributed by atoms with E-state index in [1.54, 1.807) is 24.1 Å². The lowest BCUT2D eigenvalue weighted by atomic mass is 10.2. The molecule has 0 atom stereocenters. The van der Waals surface area contributed by atoms with E-state index in [2.05, 4.69) is 15.4 Å². The standard InChI is InChI=1S/C21H21F3N6O2S/c1-25-17(31)13-28-7-9-29(10-8-28)20(32)18-26-19(16-6-3-11-33-16)30(27-18)15-5-2-4-14(12-15)21(22,23)24/h2-6,11-12H,7-10,13H2,1H3,(H,25,31). The van der Waals surface area contributed by atoms with Crippen LogP contribution in [0.5, 0.6) is 0 Å². The summed E-state index contributed by atoms with van der Waals surface area (Å²) in [6, 6.07) is 8.31. The van der Waals surface area contributed by atoms with Gasteiger partial charge in [-0.25, -0.2) is 9.67 Å². The molecule has 1 aromatic carbocycles. The summed E-state index contributed by atoms with van der Waals surface area (Å²) in [6.45, 7) is 2.07. The summed E-state index contributed by atoms with van der Waals surface area (Å²) < 4.78 is 41.0. The molecule has 0 bridgehead atoms. The average molecular weight is 479 g/mol. The van der Waals surface area contributed by atoms with Gasteiger partial charge in [0.25, 0.3) is 5.91 Å². The topological polar surface area (TPSA) is 83.4 Å². The van der Waals surface area contributed by atoms with Crippen molar-refractivity contribution in [2.24, 2.45) is 0 Å². The minimum atomic E-state index is -4.51. The lowest BCUT2D eigenvalue weighted by molar-refractivity contribution is -0.137. The number of hydrogen-bond acceptors (Lipinski definition) is 6. The molecule has 3 heterocycles. The average Bonchev–Trinajstić information content (AvgIpc) is 3.48. The van der Waals surface area contributed by atoms with Crippen molar-refractivity contribution in [1.82, 2.24) is 29.9 Å². The summed E-state index contributed by atoms with van der Waals surface area (Å²) in [5.41, 5.74) is -0.650. The van der Waals surface area contributed by atoms with Crippen molar-refractivity contribution in [2.75, 3.05) is 39.8 Å². The number of likely N-dealkylation sites (N-methyl/N-ethyl adjacent to an activating group) is 1. The summed E-state index contributed by atoms with van der Waals surface area (Å²) in [5.74, 6) is -0.295. The molecule has 1 aliphatic heterocycles. The quantitative estimate of drug-likeness (QED) is 0.610. The highest BCUT2D eigenvalue weighted by atomic mass is 32.1. The number of alkyl halides is 3. The van der Waals surface area contributed by atoms with Crippen molar-refractivity contribution in [3.63, 3.8) is 0 Å². The van der Waals surface area contributed by atoms with Crippen molar-refractivity contribution in [3.8, 4) is 16.4 Å². The molecule has 0 radical (unpaired) electrons. The van der Waals surface area contributed by atoms with Gasteiger partial charge in [0.1, 0.15) is 0 Å². The van der Waals surface area contributed by atoms with Crippen LogP contribution in [-0.2, 0) is 11.0 Å². The molecule has 1 N–H and O–H groups in total. The second-order valence-electron chi connectivity index (χ2n) is 7.44. The SMILES string of the molecule is CNC(=O)CN1CCN(C(=O)c2nc(-c3cccs3)n(-c3cccc(C(F)(F)F)c3)n2)CC1. The number of nitrogens with one attached hydrogen (secondary N) is 1. The largest absolute Gasteiger partial charge is 0.416 e. The van der Waals surface area contributed by atoms with Crippen LogP contribution in [0.25, 0.3) is 16.4 Å². The predicted molar refractivity (Wildman–Crippen MR) is 116 cm³/mol. The van der Waals surface area contributed by atoms with Gasteiger partial charge in [-0.15, -0.1) is 16.4 Å². The van der Waals surface area contributed by atoms with E-state index >= 15 is 0 Å². The van der Waals surface area contributed by atoms with Gasteiger partial charge in [-0.05, 0) is 29.6 Å². The minimum absolute atomic E-state index is 0.0874. The van der Waals surface area contributed by atoms with Crippen LogP contribution in [-0.4, -0.2) is 76.2 Å². The molecule has 0 spiro atoms. The molecule has 12 heteroatoms. The van der Waals surface area contributed by atoms with Gasteiger partial charge < -0.3 is 10.2 Å². The summed E-state index contributed by atoms with van der Waals surface area (Å²) in [7, 11) is 1.57. The summed E-state index contributed by atoms with van der Waals surface area (Å²) in [6.07, 6.45) is -4.51. The van der Waals surface area contributed by atoms with Crippen LogP contribution in [0, 0.1) is 0 Å². The fraction of sp³-hybridized carbons (Fsp3) is 0.333. The highest BCUT2D eigenvalue weighted by Crippen LogP contribution is 2.32. The van der Waals surface area contributed by atoms with E-state index < -0.39 is 17.6 Å². The van der Waals surface area contributed by atoms with Crippen LogP contribution in [0.3, 0.4) is 0 Å². The predicted octanol–water partition coefficient (Wildman–Crippen LogP) is 2.52. The zero-order chi connectivity index (χ0) is 23.6. The van der Waals surface area contributed by atoms with E-state index in [1.165, 1.54) is 28.2 Å². The second-order valence-corrected chi connectivity index (χ2v) is 8.39. The van der Waals surface area contributed by atoms with E-state index in [9.17, 15) is 22.8 Å². The number of nitrogens with zero attached hydrogens (tertiary/aromatic N) is 5. The lowest BCUT2D eigenvalue weighted by Gasteiger charge is -2.33. The first kappa shape index (κ1) is 22.9. The molecular formula is C21H21F3N6O2S. The molecule has 8 nitrogen and oxygen atoms in total. The van der Waals surface area contributed by atoms with Gasteiger partial charge in [0.15, 0.2) is 5.82 Å². The van der Waals surface area contributed by atoms with Gasteiger partial charge in [-0.3, -0.25) is 14.5 Å². The maximum Gasteiger partial charge on any atom is 0.416 e. The molecule has 2 aromatic heterocycles. The Morgan fingerprint density at radius 3 is 2.52 bits per heavy atom. The van der Waals surface area contributed by atoms with Crippen molar-refractivity contribution >= 4 is 23.2 Å². The fourth-order valence-electron chi connectivity index (χ4n) is 3.49. The number of piperazine rings is 1. The lowest BCUT2D eigenvalue weighted by Crippen LogP contribution is -2.51. The van der Waals surface area contributed by atoms with Crippen molar-refractivity contribution in [3.05, 3.63) is 53.2 Å². The first-order valence-electron chi connectivity index (χ1n) is 10.2. The zero-order valence-electron chi connectivity index (χ0n) is 17.7. The van der Waals surface area contributed by atoms with Crippen LogP contribution in [0.4, 0.5) is 13.2 Å². The maximum absolute atomic E-state index is 13.2. The van der Waals surface area contributed by atoms with Gasteiger partial charge >= 0.3 is 6.18 Å². The Balaban J connectivity index is 1.61. The van der Waals surface area contributed by atoms with Crippen molar-refractivity contribution in [1.29, 1.82) is 0 Å². The summed E-state index contributed by atoms with van der Waals surface area (Å²) in [4.78, 5) is 33.2. The Hall–Kier alpha value is -3.25. The number of aromatic nitrogens is 3. The number of rotatable bonds is 5. The number of hydrogen-bond donors (Lipinski definition) is 1. The second kappa shape index (κ2) is 9.32. The van der Waals surface area contributed by atoms with Crippen LogP contribution >= 0.6 is 11.3 Å². The third-order valence-electron chi connectivity index (χ3n) is 5.26. The summed E-state index contributed by atoms with van der Waals surface area (Å²) >= 11 is 1.35. The van der Waals surface area contributed by atoms with Crippen LogP contribution in [0.1, 0.15) is 16.2 Å². The highest BCUT2D eigenvalue weighted by molar-refractivity contribution is 7.13. The van der Waals surface area contributed by atoms with Gasteiger partial charge in [-0.1, -0.05) is 12.1 Å². The van der Waals surface area contributed by atoms with E-state index in [-0.39, 0.29) is 24.0 Å². The summed E-state index contributed by atoms with van der Waals surface area (Å²) in [5, 5.41) is 8.67. The van der Waals surface area contributed by atoms with Crippen LogP contribution in [0.2, 0.25) is 0 Å². The molecule has 174 valence electrons. The highest BCUT2D eigenvalue weighted by Gasteiger charge is 2.32. The fourth-order valence-corrected chi connectivity index (χ4v) is 4.19. The monoisotopic (exact) mass is 478 g/mol. The van der Waals surface area contributed by atoms with E-state index in [4.69, 9.17) is 0 Å². The molecule has 1 aliphatic rings. The number of benzene rings is 1. The molecule has 0 aliphatic carbocycles. The molecule has 1 fully saturated rings. The van der Waals surface area contributed by atoms with Gasteiger partial charge in [0.05, 0.1) is 22.7 Å². The number of halogens is 3. The number of amides is 2. The number of carbonyl (C=O) groups is 2. The molecule has 0 unspecified atom stereocenters. The number of thiophene rings is 1. The van der Waals surface area contributed by atoms with Crippen molar-refractivity contribution < 1.29 is 22.8 Å². The normalized spacial score (nSPS) is 15.0. The first-order chi connectivity index (χ1) is 15.8. The Morgan fingerprint density at radius 2 is 1.88 bits per heavy atom. The Bertz CT molecular complexity index is 1140. The van der Waals surface area contributed by atoms with Crippen LogP contribution < -0.4 is 5.32 Å². The molecule has 4 rings (SSSR count). The Labute approximate surface area is 191 Å². The zero-order valence-corrected chi connectivity index (χ0v) is 18.5. The van der Waals surface area contributed by atoms with Gasteiger partial charge in [0, 0.05) is 33.2 Å². The van der Waals surface area contributed by atoms with E-state index in [1.807, 2.05) is 10.3 Å². The number of carbonyl (C=O) groups excluding carboxylic acids is 2. The Kier molecular flexibility index (Phi) is 6.47. The minimum Gasteiger partial charge on any atom is -0.358 e. The molecule has 0 saturated carbocycles. The maximum atomic E-state index is 13.2. The van der Waals surface area contributed by atoms with E-state index in [0.717, 1.165) is 12.1 Å². The molecule has 33 heavy (non-hydrogen) atoms. The molecule has 1 saturated heterocycles. The van der Waals surface area contributed by atoms with Gasteiger partial charge in [0.2, 0.25) is 11.7 Å². The third kappa shape index (κ3) is 5.06. The molecular weight excluding hydrogens is 457 g/mol.